The average molecular weight is 366 g/mol. The predicted molar refractivity (Wildman–Crippen MR) is 107 cm³/mol. The fourth-order valence-electron chi connectivity index (χ4n) is 2.77. The van der Waals surface area contributed by atoms with Gasteiger partial charge in [-0.2, -0.15) is 0 Å². The first-order valence-corrected chi connectivity index (χ1v) is 8.88. The normalized spacial score (nSPS) is 11.0. The van der Waals surface area contributed by atoms with Crippen LogP contribution in [0, 0.1) is 6.92 Å². The molecule has 0 fully saturated rings. The Morgan fingerprint density at radius 3 is 2.69 bits per heavy atom. The van der Waals surface area contributed by atoms with Gasteiger partial charge in [0.05, 0.1) is 5.02 Å². The number of hydrogen-bond donors (Lipinski definition) is 1. The number of halogens is 1. The Hall–Kier alpha value is -2.78. The van der Waals surface area contributed by atoms with Gasteiger partial charge in [0.2, 0.25) is 5.91 Å². The molecule has 0 saturated carbocycles. The lowest BCUT2D eigenvalue weighted by atomic mass is 10.1. The highest BCUT2D eigenvalue weighted by molar-refractivity contribution is 6.33. The highest BCUT2D eigenvalue weighted by atomic mass is 35.5. The number of carbonyl (C=O) groups excluding carboxylic acids is 1. The van der Waals surface area contributed by atoms with Gasteiger partial charge in [0, 0.05) is 17.3 Å². The number of nitrogens with one attached hydrogen (secondary N) is 1. The first-order valence-electron chi connectivity index (χ1n) is 8.50. The molecule has 0 unspecified atom stereocenters. The van der Waals surface area contributed by atoms with Crippen molar-refractivity contribution in [2.24, 2.45) is 0 Å². The smallest absolute Gasteiger partial charge is 0.248 e. The van der Waals surface area contributed by atoms with Gasteiger partial charge in [-0.25, -0.2) is 0 Å². The molecule has 132 valence electrons. The summed E-state index contributed by atoms with van der Waals surface area (Å²) < 4.78 is 5.77. The number of rotatable bonds is 5. The molecule has 0 aliphatic rings. The average Bonchev–Trinajstić information content (AvgIpc) is 3.11. The number of hydrogen-bond acceptors (Lipinski definition) is 2. The first kappa shape index (κ1) is 18.0. The predicted octanol–water partition coefficient (Wildman–Crippen LogP) is 6.12. The molecule has 0 aliphatic carbocycles. The van der Waals surface area contributed by atoms with E-state index in [4.69, 9.17) is 16.0 Å². The van der Waals surface area contributed by atoms with Crippen molar-refractivity contribution in [3.05, 3.63) is 82.6 Å². The molecular weight excluding hydrogens is 346 g/mol. The van der Waals surface area contributed by atoms with Crippen LogP contribution in [0.2, 0.25) is 5.02 Å². The van der Waals surface area contributed by atoms with Crippen LogP contribution in [0.3, 0.4) is 0 Å². The van der Waals surface area contributed by atoms with Gasteiger partial charge in [-0.05, 0) is 54.8 Å². The Bertz CT molecular complexity index is 956. The van der Waals surface area contributed by atoms with E-state index in [0.717, 1.165) is 28.8 Å². The third kappa shape index (κ3) is 4.06. The number of anilines is 1. The molecule has 3 nitrogen and oxygen atoms in total. The van der Waals surface area contributed by atoms with Crippen molar-refractivity contribution < 1.29 is 9.21 Å². The Kier molecular flexibility index (Phi) is 5.59. The molecular formula is C22H20ClNO2. The minimum atomic E-state index is -0.190. The van der Waals surface area contributed by atoms with Gasteiger partial charge < -0.3 is 9.73 Å². The molecule has 1 N–H and O–H groups in total. The van der Waals surface area contributed by atoms with Crippen LogP contribution in [0.1, 0.15) is 23.8 Å². The Labute approximate surface area is 158 Å². The number of aryl methyl sites for hydroxylation is 2. The van der Waals surface area contributed by atoms with E-state index in [1.807, 2.05) is 61.5 Å². The summed E-state index contributed by atoms with van der Waals surface area (Å²) in [4.78, 5) is 12.3. The fourth-order valence-corrected chi connectivity index (χ4v) is 3.00. The third-order valence-electron chi connectivity index (χ3n) is 4.15. The molecule has 0 radical (unpaired) electrons. The second-order valence-corrected chi connectivity index (χ2v) is 6.37. The number of amides is 1. The topological polar surface area (TPSA) is 42.2 Å². The molecule has 1 heterocycles. The van der Waals surface area contributed by atoms with Crippen LogP contribution in [0.4, 0.5) is 5.69 Å². The zero-order valence-corrected chi connectivity index (χ0v) is 15.5. The minimum Gasteiger partial charge on any atom is -0.457 e. The molecule has 0 spiro atoms. The van der Waals surface area contributed by atoms with E-state index in [9.17, 15) is 4.79 Å². The van der Waals surface area contributed by atoms with Gasteiger partial charge >= 0.3 is 0 Å². The maximum atomic E-state index is 12.3. The molecule has 26 heavy (non-hydrogen) atoms. The van der Waals surface area contributed by atoms with Crippen molar-refractivity contribution in [2.75, 3.05) is 5.32 Å². The van der Waals surface area contributed by atoms with Gasteiger partial charge in [-0.1, -0.05) is 48.9 Å². The van der Waals surface area contributed by atoms with Crippen LogP contribution in [0.15, 0.2) is 65.1 Å². The van der Waals surface area contributed by atoms with Crippen molar-refractivity contribution >= 4 is 29.3 Å². The lowest BCUT2D eigenvalue weighted by Crippen LogP contribution is -2.10. The summed E-state index contributed by atoms with van der Waals surface area (Å²) in [5.74, 6) is 1.07. The molecule has 0 bridgehead atoms. The quantitative estimate of drug-likeness (QED) is 0.553. The molecule has 3 aromatic rings. The van der Waals surface area contributed by atoms with E-state index >= 15 is 0 Å². The van der Waals surface area contributed by atoms with Crippen LogP contribution >= 0.6 is 11.6 Å². The van der Waals surface area contributed by atoms with E-state index in [1.165, 1.54) is 6.08 Å². The van der Waals surface area contributed by atoms with E-state index < -0.39 is 0 Å². The zero-order chi connectivity index (χ0) is 18.5. The van der Waals surface area contributed by atoms with Crippen LogP contribution in [-0.2, 0) is 11.2 Å². The van der Waals surface area contributed by atoms with E-state index in [2.05, 4.69) is 12.2 Å². The van der Waals surface area contributed by atoms with Crippen molar-refractivity contribution in [2.45, 2.75) is 20.3 Å². The summed E-state index contributed by atoms with van der Waals surface area (Å²) in [5, 5.41) is 3.59. The zero-order valence-electron chi connectivity index (χ0n) is 14.8. The number of furan rings is 1. The number of para-hydroxylation sites is 1. The fraction of sp³-hybridized carbons (Fsp3) is 0.136. The van der Waals surface area contributed by atoms with E-state index in [1.54, 1.807) is 6.08 Å². The van der Waals surface area contributed by atoms with Crippen LogP contribution < -0.4 is 5.32 Å². The molecule has 0 aliphatic heterocycles. The van der Waals surface area contributed by atoms with Crippen LogP contribution in [0.5, 0.6) is 0 Å². The summed E-state index contributed by atoms with van der Waals surface area (Å²) in [7, 11) is 0. The summed E-state index contributed by atoms with van der Waals surface area (Å²) >= 11 is 6.19. The largest absolute Gasteiger partial charge is 0.457 e. The highest BCUT2D eigenvalue weighted by Crippen LogP contribution is 2.29. The van der Waals surface area contributed by atoms with Crippen LogP contribution in [0.25, 0.3) is 17.4 Å². The second-order valence-electron chi connectivity index (χ2n) is 5.97. The standard InChI is InChI=1S/C22H20ClNO2/c1-3-16-8-6-7-15(2)22(16)24-21(25)14-12-17-11-13-20(26-17)18-9-4-5-10-19(18)23/h4-14H,3H2,1-2H3,(H,24,25)/b14-12+. The maximum absolute atomic E-state index is 12.3. The summed E-state index contributed by atoms with van der Waals surface area (Å²) in [6.45, 7) is 4.06. The van der Waals surface area contributed by atoms with Crippen LogP contribution in [-0.4, -0.2) is 5.91 Å². The molecule has 1 amide bonds. The molecule has 2 aromatic carbocycles. The van der Waals surface area contributed by atoms with Crippen molar-refractivity contribution in [1.29, 1.82) is 0 Å². The molecule has 0 saturated heterocycles. The molecule has 4 heteroatoms. The summed E-state index contributed by atoms with van der Waals surface area (Å²) in [6, 6.07) is 17.1. The third-order valence-corrected chi connectivity index (χ3v) is 4.48. The van der Waals surface area contributed by atoms with Crippen molar-refractivity contribution in [3.63, 3.8) is 0 Å². The Morgan fingerprint density at radius 1 is 1.12 bits per heavy atom. The van der Waals surface area contributed by atoms with Gasteiger partial charge in [0.25, 0.3) is 0 Å². The number of benzene rings is 2. The number of carbonyl (C=O) groups is 1. The molecule has 3 rings (SSSR count). The van der Waals surface area contributed by atoms with Gasteiger partial charge in [-0.3, -0.25) is 4.79 Å². The Balaban J connectivity index is 1.73. The first-order chi connectivity index (χ1) is 12.6. The highest BCUT2D eigenvalue weighted by Gasteiger charge is 2.08. The SMILES string of the molecule is CCc1cccc(C)c1NC(=O)/C=C/c1ccc(-c2ccccc2Cl)o1. The molecule has 0 atom stereocenters. The lowest BCUT2D eigenvalue weighted by molar-refractivity contribution is -0.111. The maximum Gasteiger partial charge on any atom is 0.248 e. The van der Waals surface area contributed by atoms with Crippen molar-refractivity contribution in [1.82, 2.24) is 0 Å². The van der Waals surface area contributed by atoms with E-state index in [0.29, 0.717) is 16.5 Å². The van der Waals surface area contributed by atoms with E-state index in [-0.39, 0.29) is 5.91 Å². The minimum absolute atomic E-state index is 0.190. The van der Waals surface area contributed by atoms with Gasteiger partial charge in [0.1, 0.15) is 11.5 Å². The Morgan fingerprint density at radius 2 is 1.92 bits per heavy atom. The van der Waals surface area contributed by atoms with Crippen molar-refractivity contribution in [3.8, 4) is 11.3 Å². The summed E-state index contributed by atoms with van der Waals surface area (Å²) in [5.41, 5.74) is 3.86. The summed E-state index contributed by atoms with van der Waals surface area (Å²) in [6.07, 6.45) is 3.99. The second kappa shape index (κ2) is 8.07. The monoisotopic (exact) mass is 365 g/mol. The lowest BCUT2D eigenvalue weighted by Gasteiger charge is -2.11. The molecule has 1 aromatic heterocycles. The van der Waals surface area contributed by atoms with Gasteiger partial charge in [0.15, 0.2) is 0 Å². The van der Waals surface area contributed by atoms with Gasteiger partial charge in [-0.15, -0.1) is 0 Å².